The van der Waals surface area contributed by atoms with Crippen LogP contribution in [0.4, 0.5) is 13.2 Å². The van der Waals surface area contributed by atoms with Gasteiger partial charge < -0.3 is 0 Å². The Bertz CT molecular complexity index is 308. The molecule has 0 nitrogen and oxygen atoms in total. The summed E-state index contributed by atoms with van der Waals surface area (Å²) in [6, 6.07) is 6.29. The molecule has 1 aromatic rings. The van der Waals surface area contributed by atoms with Gasteiger partial charge in [0.25, 0.3) is 0 Å². The molecule has 0 fully saturated rings. The van der Waals surface area contributed by atoms with Gasteiger partial charge in [0.15, 0.2) is 0 Å². The van der Waals surface area contributed by atoms with Gasteiger partial charge in [-0.05, 0) is 12.5 Å². The molecular weight excluding hydrogens is 189 g/mol. The van der Waals surface area contributed by atoms with Gasteiger partial charge in [-0.15, -0.1) is 6.58 Å². The number of hydrogen-bond donors (Lipinski definition) is 0. The molecule has 1 aromatic carbocycles. The van der Waals surface area contributed by atoms with Crippen LogP contribution in [-0.2, 0) is 0 Å². The standard InChI is InChI=1S/C11H11F3/c1-3-10(11(12,13)14)9-6-4-8(2)5-7-9/h3-7,10H,1H2,2H3. The van der Waals surface area contributed by atoms with Crippen LogP contribution >= 0.6 is 0 Å². The van der Waals surface area contributed by atoms with E-state index in [1.807, 2.05) is 6.92 Å². The molecule has 0 bridgehead atoms. The summed E-state index contributed by atoms with van der Waals surface area (Å²) in [5.74, 6) is -1.57. The van der Waals surface area contributed by atoms with E-state index in [1.54, 1.807) is 12.1 Å². The Kier molecular flexibility index (Phi) is 2.99. The fourth-order valence-electron chi connectivity index (χ4n) is 1.23. The van der Waals surface area contributed by atoms with E-state index >= 15 is 0 Å². The minimum atomic E-state index is -4.25. The highest BCUT2D eigenvalue weighted by molar-refractivity contribution is 5.28. The van der Waals surface area contributed by atoms with Gasteiger partial charge in [0.2, 0.25) is 0 Å². The van der Waals surface area contributed by atoms with Crippen molar-refractivity contribution in [2.75, 3.05) is 0 Å². The van der Waals surface area contributed by atoms with Crippen molar-refractivity contribution >= 4 is 0 Å². The van der Waals surface area contributed by atoms with Crippen LogP contribution in [0.1, 0.15) is 17.0 Å². The molecule has 0 saturated carbocycles. The highest BCUT2D eigenvalue weighted by atomic mass is 19.4. The van der Waals surface area contributed by atoms with Crippen LogP contribution in [0, 0.1) is 6.92 Å². The quantitative estimate of drug-likeness (QED) is 0.636. The summed E-state index contributed by atoms with van der Waals surface area (Å²) in [5.41, 5.74) is 1.18. The molecule has 0 aliphatic heterocycles. The van der Waals surface area contributed by atoms with Crippen molar-refractivity contribution in [3.05, 3.63) is 48.0 Å². The average molecular weight is 200 g/mol. The summed E-state index contributed by atoms with van der Waals surface area (Å²) >= 11 is 0. The van der Waals surface area contributed by atoms with Crippen molar-refractivity contribution < 1.29 is 13.2 Å². The number of allylic oxidation sites excluding steroid dienone is 1. The Morgan fingerprint density at radius 2 is 1.71 bits per heavy atom. The van der Waals surface area contributed by atoms with Gasteiger partial charge in [-0.1, -0.05) is 35.9 Å². The number of alkyl halides is 3. The molecule has 0 saturated heterocycles. The second-order valence-corrected chi connectivity index (χ2v) is 3.17. The fraction of sp³-hybridized carbons (Fsp3) is 0.273. The largest absolute Gasteiger partial charge is 0.399 e. The van der Waals surface area contributed by atoms with E-state index in [4.69, 9.17) is 0 Å². The molecule has 0 aliphatic rings. The topological polar surface area (TPSA) is 0 Å². The van der Waals surface area contributed by atoms with Crippen LogP contribution in [0.25, 0.3) is 0 Å². The minimum Gasteiger partial charge on any atom is -0.170 e. The molecule has 0 radical (unpaired) electrons. The Labute approximate surface area is 81.1 Å². The molecular formula is C11H11F3. The van der Waals surface area contributed by atoms with Gasteiger partial charge >= 0.3 is 6.18 Å². The summed E-state index contributed by atoms with van der Waals surface area (Å²) in [4.78, 5) is 0. The van der Waals surface area contributed by atoms with Crippen LogP contribution in [0.15, 0.2) is 36.9 Å². The van der Waals surface area contributed by atoms with Crippen molar-refractivity contribution in [1.82, 2.24) is 0 Å². The highest BCUT2D eigenvalue weighted by Crippen LogP contribution is 2.35. The van der Waals surface area contributed by atoms with Gasteiger partial charge in [0, 0.05) is 0 Å². The molecule has 1 atom stereocenters. The molecule has 14 heavy (non-hydrogen) atoms. The molecule has 0 N–H and O–H groups in total. The van der Waals surface area contributed by atoms with Crippen LogP contribution in [0.5, 0.6) is 0 Å². The lowest BCUT2D eigenvalue weighted by Gasteiger charge is -2.16. The van der Waals surface area contributed by atoms with Gasteiger partial charge in [-0.2, -0.15) is 13.2 Å². The fourth-order valence-corrected chi connectivity index (χ4v) is 1.23. The van der Waals surface area contributed by atoms with E-state index < -0.39 is 12.1 Å². The molecule has 1 unspecified atom stereocenters. The van der Waals surface area contributed by atoms with Crippen LogP contribution in [0.3, 0.4) is 0 Å². The second kappa shape index (κ2) is 3.86. The Hall–Kier alpha value is -1.25. The Balaban J connectivity index is 3.02. The number of halogens is 3. The van der Waals surface area contributed by atoms with Gasteiger partial charge in [0.1, 0.15) is 0 Å². The Morgan fingerprint density at radius 3 is 2.07 bits per heavy atom. The zero-order valence-corrected chi connectivity index (χ0v) is 7.81. The monoisotopic (exact) mass is 200 g/mol. The van der Waals surface area contributed by atoms with E-state index in [-0.39, 0.29) is 5.56 Å². The lowest BCUT2D eigenvalue weighted by Crippen LogP contribution is -2.18. The van der Waals surface area contributed by atoms with Crippen LogP contribution in [0.2, 0.25) is 0 Å². The smallest absolute Gasteiger partial charge is 0.170 e. The van der Waals surface area contributed by atoms with Crippen molar-refractivity contribution in [2.45, 2.75) is 19.0 Å². The van der Waals surface area contributed by atoms with Gasteiger partial charge in [0.05, 0.1) is 5.92 Å². The number of hydrogen-bond acceptors (Lipinski definition) is 0. The van der Waals surface area contributed by atoms with Crippen molar-refractivity contribution in [2.24, 2.45) is 0 Å². The lowest BCUT2D eigenvalue weighted by atomic mass is 9.98. The van der Waals surface area contributed by atoms with E-state index in [2.05, 4.69) is 6.58 Å². The summed E-state index contributed by atoms with van der Waals surface area (Å²) in [6.45, 7) is 5.04. The normalized spacial score (nSPS) is 13.7. The number of aryl methyl sites for hydroxylation is 1. The van der Waals surface area contributed by atoms with Crippen molar-refractivity contribution in [3.63, 3.8) is 0 Å². The summed E-state index contributed by atoms with van der Waals surface area (Å²) in [7, 11) is 0. The summed E-state index contributed by atoms with van der Waals surface area (Å²) in [6.07, 6.45) is -3.33. The molecule has 0 amide bonds. The average Bonchev–Trinajstić information content (AvgIpc) is 2.07. The number of benzene rings is 1. The molecule has 0 aliphatic carbocycles. The van der Waals surface area contributed by atoms with Crippen molar-refractivity contribution in [1.29, 1.82) is 0 Å². The van der Waals surface area contributed by atoms with E-state index in [1.165, 1.54) is 12.1 Å². The van der Waals surface area contributed by atoms with Crippen LogP contribution in [-0.4, -0.2) is 6.18 Å². The first-order valence-electron chi connectivity index (χ1n) is 4.21. The number of rotatable bonds is 2. The first-order chi connectivity index (χ1) is 6.45. The predicted molar refractivity (Wildman–Crippen MR) is 50.2 cm³/mol. The lowest BCUT2D eigenvalue weighted by molar-refractivity contribution is -0.139. The van der Waals surface area contributed by atoms with Crippen LogP contribution < -0.4 is 0 Å². The maximum absolute atomic E-state index is 12.4. The Morgan fingerprint density at radius 1 is 1.21 bits per heavy atom. The molecule has 0 aromatic heterocycles. The molecule has 3 heteroatoms. The second-order valence-electron chi connectivity index (χ2n) is 3.17. The summed E-state index contributed by atoms with van der Waals surface area (Å²) in [5, 5.41) is 0. The SMILES string of the molecule is C=CC(c1ccc(C)cc1)C(F)(F)F. The third-order valence-electron chi connectivity index (χ3n) is 2.02. The first kappa shape index (κ1) is 10.8. The minimum absolute atomic E-state index is 0.234. The van der Waals surface area contributed by atoms with Gasteiger partial charge in [-0.25, -0.2) is 0 Å². The molecule has 1 rings (SSSR count). The molecule has 76 valence electrons. The first-order valence-corrected chi connectivity index (χ1v) is 4.21. The molecule has 0 heterocycles. The third-order valence-corrected chi connectivity index (χ3v) is 2.02. The maximum Gasteiger partial charge on any atom is 0.399 e. The third kappa shape index (κ3) is 2.37. The zero-order valence-electron chi connectivity index (χ0n) is 7.81. The maximum atomic E-state index is 12.4. The summed E-state index contributed by atoms with van der Waals surface area (Å²) < 4.78 is 37.3. The van der Waals surface area contributed by atoms with E-state index in [0.29, 0.717) is 0 Å². The van der Waals surface area contributed by atoms with Crippen molar-refractivity contribution in [3.8, 4) is 0 Å². The van der Waals surface area contributed by atoms with E-state index in [9.17, 15) is 13.2 Å². The highest BCUT2D eigenvalue weighted by Gasteiger charge is 2.38. The van der Waals surface area contributed by atoms with Gasteiger partial charge in [-0.3, -0.25) is 0 Å². The molecule has 0 spiro atoms. The predicted octanol–water partition coefficient (Wildman–Crippen LogP) is 3.83. The van der Waals surface area contributed by atoms with E-state index in [0.717, 1.165) is 11.6 Å². The zero-order chi connectivity index (χ0) is 10.8.